The third-order valence-corrected chi connectivity index (χ3v) is 5.53. The number of methoxy groups -OCH3 is 1. The van der Waals surface area contributed by atoms with Crippen molar-refractivity contribution in [2.45, 2.75) is 5.37 Å². The van der Waals surface area contributed by atoms with Gasteiger partial charge in [0.2, 0.25) is 0 Å². The van der Waals surface area contributed by atoms with Crippen molar-refractivity contribution in [1.82, 2.24) is 14.9 Å². The summed E-state index contributed by atoms with van der Waals surface area (Å²) < 4.78 is 5.22. The molecule has 1 aliphatic heterocycles. The summed E-state index contributed by atoms with van der Waals surface area (Å²) in [6.07, 6.45) is 3.29. The van der Waals surface area contributed by atoms with Crippen molar-refractivity contribution in [2.24, 2.45) is 0 Å². The van der Waals surface area contributed by atoms with E-state index in [2.05, 4.69) is 9.97 Å². The van der Waals surface area contributed by atoms with E-state index in [1.807, 2.05) is 47.4 Å². The molecule has 1 unspecified atom stereocenters. The molecule has 1 aliphatic rings. The number of nitrogens with zero attached hydrogens (tertiary/aromatic N) is 3. The molecule has 0 aliphatic carbocycles. The zero-order valence-electron chi connectivity index (χ0n) is 13.8. The number of rotatable bonds is 3. The van der Waals surface area contributed by atoms with E-state index in [-0.39, 0.29) is 11.3 Å². The van der Waals surface area contributed by atoms with Crippen LogP contribution in [0.2, 0.25) is 0 Å². The van der Waals surface area contributed by atoms with E-state index in [1.54, 1.807) is 31.3 Å². The lowest BCUT2D eigenvalue weighted by Gasteiger charge is -2.24. The predicted octanol–water partition coefficient (Wildman–Crippen LogP) is 3.53. The Morgan fingerprint density at radius 2 is 1.88 bits per heavy atom. The third kappa shape index (κ3) is 3.05. The van der Waals surface area contributed by atoms with E-state index in [0.717, 1.165) is 34.6 Å². The van der Waals surface area contributed by atoms with Gasteiger partial charge in [0, 0.05) is 30.3 Å². The maximum absolute atomic E-state index is 13.0. The van der Waals surface area contributed by atoms with Gasteiger partial charge in [-0.05, 0) is 35.9 Å². The maximum Gasteiger partial charge on any atom is 0.255 e. The highest BCUT2D eigenvalue weighted by Crippen LogP contribution is 2.39. The number of carbonyl (C=O) groups excluding carboxylic acids is 1. The van der Waals surface area contributed by atoms with Gasteiger partial charge >= 0.3 is 0 Å². The van der Waals surface area contributed by atoms with Gasteiger partial charge in [-0.25, -0.2) is 0 Å². The third-order valence-electron chi connectivity index (χ3n) is 4.27. The van der Waals surface area contributed by atoms with Gasteiger partial charge in [0.1, 0.15) is 11.1 Å². The fourth-order valence-corrected chi connectivity index (χ4v) is 4.24. The lowest BCUT2D eigenvalue weighted by atomic mass is 10.1. The lowest BCUT2D eigenvalue weighted by Crippen LogP contribution is -2.30. The van der Waals surface area contributed by atoms with Crippen LogP contribution in [0.4, 0.5) is 0 Å². The van der Waals surface area contributed by atoms with Crippen LogP contribution in [0.25, 0.3) is 11.0 Å². The molecule has 1 amide bonds. The molecule has 6 heteroatoms. The van der Waals surface area contributed by atoms with Crippen molar-refractivity contribution in [2.75, 3.05) is 19.4 Å². The Hall–Kier alpha value is -2.60. The molecule has 3 aromatic rings. The summed E-state index contributed by atoms with van der Waals surface area (Å²) >= 11 is 1.78. The van der Waals surface area contributed by atoms with Crippen molar-refractivity contribution < 1.29 is 9.53 Å². The highest BCUT2D eigenvalue weighted by atomic mass is 32.2. The van der Waals surface area contributed by atoms with E-state index in [1.165, 1.54) is 0 Å². The summed E-state index contributed by atoms with van der Waals surface area (Å²) in [5.41, 5.74) is 3.29. The second-order valence-electron chi connectivity index (χ2n) is 5.75. The number of amides is 1. The van der Waals surface area contributed by atoms with Crippen LogP contribution in [-0.2, 0) is 0 Å². The van der Waals surface area contributed by atoms with Gasteiger partial charge in [-0.3, -0.25) is 14.8 Å². The average Bonchev–Trinajstić information content (AvgIpc) is 3.17. The molecule has 0 radical (unpaired) electrons. The van der Waals surface area contributed by atoms with Gasteiger partial charge in [-0.1, -0.05) is 12.1 Å². The van der Waals surface area contributed by atoms with Gasteiger partial charge in [-0.2, -0.15) is 0 Å². The first-order valence-electron chi connectivity index (χ1n) is 8.03. The van der Waals surface area contributed by atoms with E-state index >= 15 is 0 Å². The Labute approximate surface area is 150 Å². The number of hydrogen-bond acceptors (Lipinski definition) is 5. The molecule has 2 heterocycles. The first-order valence-corrected chi connectivity index (χ1v) is 9.08. The average molecular weight is 351 g/mol. The Bertz CT molecular complexity index is 914. The Morgan fingerprint density at radius 1 is 1.12 bits per heavy atom. The van der Waals surface area contributed by atoms with E-state index in [0.29, 0.717) is 5.56 Å². The van der Waals surface area contributed by atoms with E-state index in [9.17, 15) is 4.79 Å². The number of aromatic nitrogens is 2. The fourth-order valence-electron chi connectivity index (χ4n) is 2.98. The highest BCUT2D eigenvalue weighted by molar-refractivity contribution is 7.99. The predicted molar refractivity (Wildman–Crippen MR) is 98.8 cm³/mol. The van der Waals surface area contributed by atoms with Gasteiger partial charge in [0.25, 0.3) is 5.91 Å². The summed E-state index contributed by atoms with van der Waals surface area (Å²) in [6, 6.07) is 13.4. The summed E-state index contributed by atoms with van der Waals surface area (Å²) in [7, 11) is 1.65. The summed E-state index contributed by atoms with van der Waals surface area (Å²) in [5.74, 6) is 1.77. The molecule has 1 fully saturated rings. The van der Waals surface area contributed by atoms with Crippen molar-refractivity contribution in [3.05, 3.63) is 66.0 Å². The van der Waals surface area contributed by atoms with Gasteiger partial charge in [0.15, 0.2) is 0 Å². The molecule has 1 aromatic heterocycles. The van der Waals surface area contributed by atoms with E-state index < -0.39 is 0 Å². The molecule has 0 spiro atoms. The number of fused-ring (bicyclic) bond motifs is 1. The number of benzene rings is 2. The summed E-state index contributed by atoms with van der Waals surface area (Å²) in [5, 5.41) is 0.0240. The molecular formula is C19H17N3O2S. The lowest BCUT2D eigenvalue weighted by molar-refractivity contribution is 0.0760. The molecule has 25 heavy (non-hydrogen) atoms. The largest absolute Gasteiger partial charge is 0.497 e. The monoisotopic (exact) mass is 351 g/mol. The second kappa shape index (κ2) is 6.72. The van der Waals surface area contributed by atoms with Crippen LogP contribution in [0.5, 0.6) is 5.75 Å². The van der Waals surface area contributed by atoms with Crippen molar-refractivity contribution in [1.29, 1.82) is 0 Å². The molecule has 4 rings (SSSR count). The molecule has 1 saturated heterocycles. The Morgan fingerprint density at radius 3 is 2.64 bits per heavy atom. The highest BCUT2D eigenvalue weighted by Gasteiger charge is 2.31. The zero-order valence-corrected chi connectivity index (χ0v) is 14.6. The molecule has 0 N–H and O–H groups in total. The first-order chi connectivity index (χ1) is 12.3. The summed E-state index contributed by atoms with van der Waals surface area (Å²) in [6.45, 7) is 0.735. The van der Waals surface area contributed by atoms with Crippen LogP contribution in [0.1, 0.15) is 21.3 Å². The molecule has 0 bridgehead atoms. The number of ether oxygens (including phenoxy) is 1. The SMILES string of the molecule is COc1ccc(C2SCCN2C(=O)c2ccc3nccnc3c2)cc1. The van der Waals surface area contributed by atoms with Gasteiger partial charge < -0.3 is 9.64 Å². The number of thioether (sulfide) groups is 1. The van der Waals surface area contributed by atoms with Crippen LogP contribution in [0.3, 0.4) is 0 Å². The second-order valence-corrected chi connectivity index (χ2v) is 6.94. The quantitative estimate of drug-likeness (QED) is 0.722. The molecule has 1 atom stereocenters. The Kier molecular flexibility index (Phi) is 4.28. The van der Waals surface area contributed by atoms with Gasteiger partial charge in [0.05, 0.1) is 18.1 Å². The Balaban J connectivity index is 1.62. The molecule has 126 valence electrons. The number of carbonyl (C=O) groups is 1. The van der Waals surface area contributed by atoms with Crippen LogP contribution < -0.4 is 4.74 Å². The number of hydrogen-bond donors (Lipinski definition) is 0. The van der Waals surface area contributed by atoms with Gasteiger partial charge in [-0.15, -0.1) is 11.8 Å². The maximum atomic E-state index is 13.0. The normalized spacial score (nSPS) is 17.0. The van der Waals surface area contributed by atoms with Crippen molar-refractivity contribution in [3.63, 3.8) is 0 Å². The minimum absolute atomic E-state index is 0.0240. The van der Waals surface area contributed by atoms with Crippen LogP contribution in [0, 0.1) is 0 Å². The minimum Gasteiger partial charge on any atom is -0.497 e. The molecular weight excluding hydrogens is 334 g/mol. The smallest absolute Gasteiger partial charge is 0.255 e. The van der Waals surface area contributed by atoms with Crippen LogP contribution in [-0.4, -0.2) is 40.2 Å². The van der Waals surface area contributed by atoms with Crippen LogP contribution in [0.15, 0.2) is 54.9 Å². The first kappa shape index (κ1) is 15.9. The van der Waals surface area contributed by atoms with Crippen molar-refractivity contribution >= 4 is 28.7 Å². The molecule has 5 nitrogen and oxygen atoms in total. The summed E-state index contributed by atoms with van der Waals surface area (Å²) in [4.78, 5) is 23.5. The van der Waals surface area contributed by atoms with E-state index in [4.69, 9.17) is 4.74 Å². The fraction of sp³-hybridized carbons (Fsp3) is 0.211. The van der Waals surface area contributed by atoms with Crippen LogP contribution >= 0.6 is 11.8 Å². The minimum atomic E-state index is 0.0240. The standard InChI is InChI=1S/C19H17N3O2S/c1-24-15-5-2-13(3-6-15)19-22(10-11-25-19)18(23)14-4-7-16-17(12-14)21-9-8-20-16/h2-9,12,19H,10-11H2,1H3. The van der Waals surface area contributed by atoms with Crippen molar-refractivity contribution in [3.8, 4) is 5.75 Å². The molecule has 0 saturated carbocycles. The zero-order chi connectivity index (χ0) is 17.2. The topological polar surface area (TPSA) is 55.3 Å². The molecule has 2 aromatic carbocycles.